The minimum Gasteiger partial charge on any atom is -0.480 e. The number of amides is 2. The Labute approximate surface area is 144 Å². The summed E-state index contributed by atoms with van der Waals surface area (Å²) < 4.78 is 15.9. The number of hydrogen-bond acceptors (Lipinski definition) is 8. The smallest absolute Gasteiger partial charge is 0.370 e. The third kappa shape index (κ3) is 2.69. The van der Waals surface area contributed by atoms with Gasteiger partial charge in [-0.15, -0.1) is 5.06 Å². The fraction of sp³-hybridized carbons (Fsp3) is 0.176. The Kier molecular flexibility index (Phi) is 3.68. The number of imide groups is 1. The van der Waals surface area contributed by atoms with E-state index >= 15 is 0 Å². The molecule has 1 fully saturated rings. The van der Waals surface area contributed by atoms with E-state index in [1.165, 1.54) is 18.4 Å². The Bertz CT molecular complexity index is 1090. The van der Waals surface area contributed by atoms with Crippen molar-refractivity contribution in [3.05, 3.63) is 40.9 Å². The number of hydrogen-bond donors (Lipinski definition) is 0. The zero-order valence-electron chi connectivity index (χ0n) is 13.2. The Morgan fingerprint density at radius 2 is 1.77 bits per heavy atom. The minimum atomic E-state index is -0.917. The van der Waals surface area contributed by atoms with Gasteiger partial charge in [0, 0.05) is 25.0 Å². The third-order valence-corrected chi connectivity index (χ3v) is 3.84. The molecule has 2 amide bonds. The first kappa shape index (κ1) is 15.9. The fourth-order valence-corrected chi connectivity index (χ4v) is 2.68. The van der Waals surface area contributed by atoms with Crippen molar-refractivity contribution < 1.29 is 32.8 Å². The van der Waals surface area contributed by atoms with Crippen LogP contribution in [-0.2, 0) is 19.2 Å². The van der Waals surface area contributed by atoms with Gasteiger partial charge in [-0.05, 0) is 12.1 Å². The maximum Gasteiger partial charge on any atom is 0.370 e. The third-order valence-electron chi connectivity index (χ3n) is 3.84. The summed E-state index contributed by atoms with van der Waals surface area (Å²) in [4.78, 5) is 51.0. The second kappa shape index (κ2) is 6.03. The van der Waals surface area contributed by atoms with Crippen molar-refractivity contribution in [3.63, 3.8) is 0 Å². The van der Waals surface area contributed by atoms with Crippen molar-refractivity contribution in [2.45, 2.75) is 12.8 Å². The Hall–Kier alpha value is -3.62. The highest BCUT2D eigenvalue weighted by molar-refractivity contribution is 6.02. The minimum absolute atomic E-state index is 0.00493. The summed E-state index contributed by atoms with van der Waals surface area (Å²) in [5.41, 5.74) is 0.0909. The van der Waals surface area contributed by atoms with Crippen LogP contribution < -0.4 is 10.4 Å². The van der Waals surface area contributed by atoms with Crippen molar-refractivity contribution >= 4 is 39.7 Å². The van der Waals surface area contributed by atoms with Crippen LogP contribution in [0.1, 0.15) is 12.8 Å². The first-order chi connectivity index (χ1) is 12.5. The van der Waals surface area contributed by atoms with E-state index in [9.17, 15) is 19.2 Å². The number of benzene rings is 1. The molecular formula is C17H11NO8. The molecule has 26 heavy (non-hydrogen) atoms. The Morgan fingerprint density at radius 1 is 1.04 bits per heavy atom. The van der Waals surface area contributed by atoms with Crippen LogP contribution in [0.3, 0.4) is 0 Å². The molecule has 0 aliphatic carbocycles. The molecule has 1 saturated heterocycles. The Morgan fingerprint density at radius 3 is 2.54 bits per heavy atom. The molecule has 0 saturated carbocycles. The van der Waals surface area contributed by atoms with Gasteiger partial charge >= 0.3 is 11.6 Å². The Balaban J connectivity index is 1.60. The number of furan rings is 1. The molecule has 9 heteroatoms. The summed E-state index contributed by atoms with van der Waals surface area (Å²) in [5, 5.41) is 1.47. The van der Waals surface area contributed by atoms with Crippen LogP contribution >= 0.6 is 0 Å². The zero-order valence-corrected chi connectivity index (χ0v) is 13.2. The van der Waals surface area contributed by atoms with E-state index in [0.29, 0.717) is 21.4 Å². The fourth-order valence-electron chi connectivity index (χ4n) is 2.68. The summed E-state index contributed by atoms with van der Waals surface area (Å²) in [7, 11) is 0. The number of fused-ring (bicyclic) bond motifs is 2. The monoisotopic (exact) mass is 357 g/mol. The second-order valence-electron chi connectivity index (χ2n) is 5.54. The van der Waals surface area contributed by atoms with E-state index in [4.69, 9.17) is 18.4 Å². The average Bonchev–Trinajstić information content (AvgIpc) is 3.20. The van der Waals surface area contributed by atoms with Gasteiger partial charge in [-0.25, -0.2) is 9.59 Å². The molecule has 132 valence electrons. The summed E-state index contributed by atoms with van der Waals surface area (Å²) in [5.74, 6) is -1.81. The van der Waals surface area contributed by atoms with Gasteiger partial charge in [0.15, 0.2) is 6.61 Å². The number of rotatable bonds is 4. The molecule has 9 nitrogen and oxygen atoms in total. The molecule has 0 spiro atoms. The van der Waals surface area contributed by atoms with Crippen LogP contribution in [-0.4, -0.2) is 29.5 Å². The standard InChI is InChI=1S/C17H11NO8/c19-13-2-3-14(20)18(13)26-16(22)8-24-17-9-1-4-15(21)25-12(9)7-11-10(17)5-6-23-11/h1,4-7H,2-3,8H2. The van der Waals surface area contributed by atoms with Gasteiger partial charge in [-0.2, -0.15) is 0 Å². The van der Waals surface area contributed by atoms with Crippen LogP contribution in [0.5, 0.6) is 5.75 Å². The topological polar surface area (TPSA) is 116 Å². The van der Waals surface area contributed by atoms with Crippen molar-refractivity contribution in [2.75, 3.05) is 6.61 Å². The first-order valence-electron chi connectivity index (χ1n) is 7.66. The van der Waals surface area contributed by atoms with Crippen molar-refractivity contribution in [2.24, 2.45) is 0 Å². The van der Waals surface area contributed by atoms with E-state index in [1.54, 1.807) is 12.1 Å². The lowest BCUT2D eigenvalue weighted by molar-refractivity contribution is -0.198. The summed E-state index contributed by atoms with van der Waals surface area (Å²) >= 11 is 0. The second-order valence-corrected chi connectivity index (χ2v) is 5.54. The van der Waals surface area contributed by atoms with Crippen molar-refractivity contribution in [3.8, 4) is 5.75 Å². The van der Waals surface area contributed by atoms with Crippen molar-refractivity contribution in [1.29, 1.82) is 0 Å². The summed E-state index contributed by atoms with van der Waals surface area (Å²) in [6.07, 6.45) is 1.43. The van der Waals surface area contributed by atoms with Crippen LogP contribution in [0.4, 0.5) is 0 Å². The number of ether oxygens (including phenoxy) is 1. The summed E-state index contributed by atoms with van der Waals surface area (Å²) in [6, 6.07) is 5.90. The highest BCUT2D eigenvalue weighted by Crippen LogP contribution is 2.35. The molecule has 4 rings (SSSR count). The molecule has 1 aliphatic heterocycles. The number of carbonyl (C=O) groups excluding carboxylic acids is 3. The maximum absolute atomic E-state index is 11.9. The van der Waals surface area contributed by atoms with Gasteiger partial charge < -0.3 is 18.4 Å². The van der Waals surface area contributed by atoms with Gasteiger partial charge in [0.2, 0.25) is 0 Å². The highest BCUT2D eigenvalue weighted by atomic mass is 16.7. The summed E-state index contributed by atoms with van der Waals surface area (Å²) in [6.45, 7) is -0.560. The van der Waals surface area contributed by atoms with Crippen LogP contribution in [0.25, 0.3) is 21.9 Å². The lowest BCUT2D eigenvalue weighted by Gasteiger charge is -2.13. The largest absolute Gasteiger partial charge is 0.480 e. The predicted octanol–water partition coefficient (Wildman–Crippen LogP) is 1.53. The number of carbonyl (C=O) groups is 3. The predicted molar refractivity (Wildman–Crippen MR) is 84.9 cm³/mol. The first-order valence-corrected chi connectivity index (χ1v) is 7.66. The van der Waals surface area contributed by atoms with E-state index in [-0.39, 0.29) is 24.2 Å². The van der Waals surface area contributed by atoms with Gasteiger partial charge in [-0.3, -0.25) is 9.59 Å². The van der Waals surface area contributed by atoms with E-state index in [0.717, 1.165) is 0 Å². The lowest BCUT2D eigenvalue weighted by Crippen LogP contribution is -2.33. The van der Waals surface area contributed by atoms with Crippen LogP contribution in [0.15, 0.2) is 44.2 Å². The van der Waals surface area contributed by atoms with E-state index in [1.807, 2.05) is 0 Å². The highest BCUT2D eigenvalue weighted by Gasteiger charge is 2.33. The number of hydroxylamine groups is 2. The molecule has 0 atom stereocenters. The molecule has 0 unspecified atom stereocenters. The molecule has 1 aliphatic rings. The quantitative estimate of drug-likeness (QED) is 0.510. The molecule has 2 aromatic heterocycles. The van der Waals surface area contributed by atoms with Crippen molar-refractivity contribution in [1.82, 2.24) is 5.06 Å². The molecule has 3 heterocycles. The molecule has 0 radical (unpaired) electrons. The van der Waals surface area contributed by atoms with Gasteiger partial charge in [-0.1, -0.05) is 0 Å². The van der Waals surface area contributed by atoms with Gasteiger partial charge in [0.05, 0.1) is 17.0 Å². The molecule has 0 bridgehead atoms. The molecule has 3 aromatic rings. The average molecular weight is 357 g/mol. The number of nitrogens with zero attached hydrogens (tertiary/aromatic N) is 1. The van der Waals surface area contributed by atoms with Crippen LogP contribution in [0.2, 0.25) is 0 Å². The van der Waals surface area contributed by atoms with E-state index < -0.39 is 30.0 Å². The van der Waals surface area contributed by atoms with Gasteiger partial charge in [0.1, 0.15) is 16.9 Å². The molecular weight excluding hydrogens is 346 g/mol. The van der Waals surface area contributed by atoms with E-state index in [2.05, 4.69) is 0 Å². The maximum atomic E-state index is 11.9. The normalized spacial score (nSPS) is 14.4. The SMILES string of the molecule is O=C(COc1c2ccoc2cc2oc(=O)ccc12)ON1C(=O)CCC1=O. The molecule has 1 aromatic carbocycles. The van der Waals surface area contributed by atoms with Crippen LogP contribution in [0, 0.1) is 0 Å². The molecule has 0 N–H and O–H groups in total. The lowest BCUT2D eigenvalue weighted by atomic mass is 10.1. The zero-order chi connectivity index (χ0) is 18.3. The van der Waals surface area contributed by atoms with Gasteiger partial charge in [0.25, 0.3) is 11.8 Å².